The number of esters is 1. The molecule has 2 heteroatoms. The second kappa shape index (κ2) is 9.67. The summed E-state index contributed by atoms with van der Waals surface area (Å²) < 4.78 is 5.19. The Morgan fingerprint density at radius 1 is 1.16 bits per heavy atom. The highest BCUT2D eigenvalue weighted by Gasteiger charge is 2.40. The number of carbonyl (C=O) groups excluding carboxylic acids is 1. The van der Waals surface area contributed by atoms with Crippen LogP contribution in [-0.4, -0.2) is 12.1 Å². The van der Waals surface area contributed by atoms with E-state index in [4.69, 9.17) is 11.2 Å². The Morgan fingerprint density at radius 3 is 2.58 bits per heavy atom. The number of carbonyl (C=O) groups is 1. The van der Waals surface area contributed by atoms with Crippen LogP contribution in [0.5, 0.6) is 0 Å². The van der Waals surface area contributed by atoms with Crippen LogP contribution in [0.4, 0.5) is 0 Å². The second-order valence-electron chi connectivity index (χ2n) is 5.31. The van der Waals surface area contributed by atoms with Crippen molar-refractivity contribution in [2.24, 2.45) is 5.92 Å². The van der Waals surface area contributed by atoms with Crippen LogP contribution in [0.1, 0.15) is 64.2 Å². The molecule has 0 aromatic heterocycles. The molecule has 2 nitrogen and oxygen atoms in total. The minimum Gasteiger partial charge on any atom is -0.461 e. The molecule has 0 aromatic rings. The molecule has 1 heterocycles. The van der Waals surface area contributed by atoms with E-state index in [0.29, 0.717) is 0 Å². The van der Waals surface area contributed by atoms with Gasteiger partial charge in [0.25, 0.3) is 0 Å². The minimum atomic E-state index is -0.00244. The van der Waals surface area contributed by atoms with Crippen molar-refractivity contribution in [1.82, 2.24) is 0 Å². The van der Waals surface area contributed by atoms with E-state index in [-0.39, 0.29) is 18.0 Å². The lowest BCUT2D eigenvalue weighted by Gasteiger charge is -2.35. The van der Waals surface area contributed by atoms with Crippen LogP contribution in [0.3, 0.4) is 0 Å². The summed E-state index contributed by atoms with van der Waals surface area (Å²) in [5, 5.41) is 0. The zero-order valence-corrected chi connectivity index (χ0v) is 11.9. The van der Waals surface area contributed by atoms with Crippen molar-refractivity contribution < 1.29 is 9.53 Å². The third-order valence-electron chi connectivity index (χ3n) is 3.75. The van der Waals surface area contributed by atoms with Crippen molar-refractivity contribution in [1.29, 1.82) is 0 Å². The topological polar surface area (TPSA) is 26.3 Å². The predicted molar refractivity (Wildman–Crippen MR) is 78.6 cm³/mol. The summed E-state index contributed by atoms with van der Waals surface area (Å²) in [5.41, 5.74) is 0. The zero-order chi connectivity index (χ0) is 13.9. The molecule has 1 aliphatic heterocycles. The molecule has 1 rings (SSSR count). The maximum atomic E-state index is 11.4. The molecule has 1 aliphatic rings. The highest BCUT2D eigenvalue weighted by molar-refractivity contribution is 5.78. The van der Waals surface area contributed by atoms with Crippen molar-refractivity contribution in [3.63, 3.8) is 0 Å². The molecule has 2 atom stereocenters. The molecule has 0 radical (unpaired) electrons. The Labute approximate surface area is 117 Å². The average Bonchev–Trinajstić information content (AvgIpc) is 2.41. The lowest BCUT2D eigenvalue weighted by atomic mass is 9.87. The summed E-state index contributed by atoms with van der Waals surface area (Å²) in [6.45, 7) is 3.72. The van der Waals surface area contributed by atoms with Crippen LogP contribution in [0.2, 0.25) is 0 Å². The summed E-state index contributed by atoms with van der Waals surface area (Å²) in [5.74, 6) is 2.77. The van der Waals surface area contributed by atoms with Crippen molar-refractivity contribution in [3.05, 3.63) is 12.7 Å². The van der Waals surface area contributed by atoms with Gasteiger partial charge in [-0.25, -0.2) is 0 Å². The Bertz CT molecular complexity index is 314. The molecule has 0 saturated carbocycles. The molecule has 1 fully saturated rings. The number of allylic oxidation sites excluding steroid dienone is 1. The lowest BCUT2D eigenvalue weighted by molar-refractivity contribution is -0.186. The van der Waals surface area contributed by atoms with Crippen LogP contribution in [0.15, 0.2) is 12.7 Å². The van der Waals surface area contributed by atoms with Gasteiger partial charge in [-0.15, -0.1) is 18.9 Å². The Hall–Kier alpha value is -1.23. The molecule has 0 unspecified atom stereocenters. The molecular formula is C17H26O2. The van der Waals surface area contributed by atoms with Gasteiger partial charge in [0.2, 0.25) is 0 Å². The number of hydrogen-bond donors (Lipinski definition) is 0. The van der Waals surface area contributed by atoms with E-state index in [1.165, 1.54) is 25.7 Å². The summed E-state index contributed by atoms with van der Waals surface area (Å²) in [7, 11) is 0. The molecule has 0 aliphatic carbocycles. The molecule has 0 aromatic carbocycles. The van der Waals surface area contributed by atoms with Gasteiger partial charge >= 0.3 is 5.97 Å². The quantitative estimate of drug-likeness (QED) is 0.241. The third-order valence-corrected chi connectivity index (χ3v) is 3.75. The first-order valence-electron chi connectivity index (χ1n) is 7.54. The van der Waals surface area contributed by atoms with Crippen molar-refractivity contribution in [2.45, 2.75) is 70.3 Å². The number of rotatable bonds is 11. The number of hydrogen-bond acceptors (Lipinski definition) is 2. The minimum absolute atomic E-state index is 0.00244. The first-order chi connectivity index (χ1) is 9.29. The Balaban J connectivity index is 2.02. The van der Waals surface area contributed by atoms with E-state index in [1.54, 1.807) is 0 Å². The molecule has 0 N–H and O–H groups in total. The van der Waals surface area contributed by atoms with Gasteiger partial charge in [0.15, 0.2) is 0 Å². The fraction of sp³-hybridized carbons (Fsp3) is 0.706. The van der Waals surface area contributed by atoms with Gasteiger partial charge < -0.3 is 4.74 Å². The maximum absolute atomic E-state index is 11.4. The molecule has 0 bridgehead atoms. The monoisotopic (exact) mass is 262 g/mol. The first-order valence-corrected chi connectivity index (χ1v) is 7.54. The standard InChI is InChI=1S/C17H26O2/c1-3-5-7-8-9-10-12-13-15-16(19-17(15)18)14-11-6-4-2/h2-3,15-16H,1,5-14H2/t15-,16-/m0/s1. The Kier molecular flexibility index (Phi) is 8.05. The van der Waals surface area contributed by atoms with Crippen molar-refractivity contribution in [2.75, 3.05) is 0 Å². The smallest absolute Gasteiger partial charge is 0.313 e. The Morgan fingerprint density at radius 2 is 1.89 bits per heavy atom. The fourth-order valence-corrected chi connectivity index (χ4v) is 2.55. The molecular weight excluding hydrogens is 236 g/mol. The third kappa shape index (κ3) is 5.96. The normalized spacial score (nSPS) is 21.3. The zero-order valence-electron chi connectivity index (χ0n) is 11.9. The SMILES string of the molecule is C#CCCC[C@@H]1OC(=O)[C@H]1CCCCCCCC=C. The highest BCUT2D eigenvalue weighted by atomic mass is 16.6. The van der Waals surface area contributed by atoms with Gasteiger partial charge in [0, 0.05) is 6.42 Å². The average molecular weight is 262 g/mol. The van der Waals surface area contributed by atoms with Crippen LogP contribution >= 0.6 is 0 Å². The van der Waals surface area contributed by atoms with E-state index >= 15 is 0 Å². The lowest BCUT2D eigenvalue weighted by Crippen LogP contribution is -2.44. The van der Waals surface area contributed by atoms with E-state index in [1.807, 2.05) is 6.08 Å². The molecule has 106 valence electrons. The first kappa shape index (κ1) is 15.8. The van der Waals surface area contributed by atoms with E-state index in [2.05, 4.69) is 12.5 Å². The summed E-state index contributed by atoms with van der Waals surface area (Å²) >= 11 is 0. The van der Waals surface area contributed by atoms with Crippen molar-refractivity contribution in [3.8, 4) is 12.3 Å². The highest BCUT2D eigenvalue weighted by Crippen LogP contribution is 2.31. The second-order valence-corrected chi connectivity index (χ2v) is 5.31. The molecule has 19 heavy (non-hydrogen) atoms. The predicted octanol–water partition coefficient (Wildman–Crippen LogP) is 4.25. The fourth-order valence-electron chi connectivity index (χ4n) is 2.55. The van der Waals surface area contributed by atoms with Gasteiger partial charge in [-0.05, 0) is 32.1 Å². The van der Waals surface area contributed by atoms with E-state index in [9.17, 15) is 4.79 Å². The summed E-state index contributed by atoms with van der Waals surface area (Å²) in [6.07, 6.45) is 18.2. The number of terminal acetylenes is 1. The number of cyclic esters (lactones) is 1. The molecule has 0 amide bonds. The number of ether oxygens (including phenoxy) is 1. The number of unbranched alkanes of at least 4 members (excludes halogenated alkanes) is 6. The largest absolute Gasteiger partial charge is 0.461 e. The van der Waals surface area contributed by atoms with E-state index in [0.717, 1.165) is 38.5 Å². The van der Waals surface area contributed by atoms with E-state index < -0.39 is 0 Å². The molecule has 1 saturated heterocycles. The summed E-state index contributed by atoms with van der Waals surface area (Å²) in [6, 6.07) is 0. The van der Waals surface area contributed by atoms with Crippen molar-refractivity contribution >= 4 is 5.97 Å². The van der Waals surface area contributed by atoms with Gasteiger partial charge in [-0.3, -0.25) is 4.79 Å². The summed E-state index contributed by atoms with van der Waals surface area (Å²) in [4.78, 5) is 11.4. The maximum Gasteiger partial charge on any atom is 0.313 e. The van der Waals surface area contributed by atoms with Crippen LogP contribution < -0.4 is 0 Å². The van der Waals surface area contributed by atoms with Gasteiger partial charge in [0.1, 0.15) is 6.10 Å². The van der Waals surface area contributed by atoms with Gasteiger partial charge in [0.05, 0.1) is 5.92 Å². The van der Waals surface area contributed by atoms with Gasteiger partial charge in [-0.1, -0.05) is 31.8 Å². The van der Waals surface area contributed by atoms with Crippen LogP contribution in [0, 0.1) is 18.3 Å². The van der Waals surface area contributed by atoms with Crippen LogP contribution in [0.25, 0.3) is 0 Å². The van der Waals surface area contributed by atoms with Crippen LogP contribution in [-0.2, 0) is 9.53 Å². The molecule has 0 spiro atoms. The van der Waals surface area contributed by atoms with Gasteiger partial charge in [-0.2, -0.15) is 0 Å².